The predicted molar refractivity (Wildman–Crippen MR) is 139 cm³/mol. The lowest BCUT2D eigenvalue weighted by atomic mass is 10.1. The number of amides is 1. The van der Waals surface area contributed by atoms with Crippen molar-refractivity contribution in [3.8, 4) is 17.0 Å². The molecule has 0 aliphatic carbocycles. The van der Waals surface area contributed by atoms with Gasteiger partial charge in [0.15, 0.2) is 0 Å². The van der Waals surface area contributed by atoms with Crippen molar-refractivity contribution in [1.29, 1.82) is 0 Å². The number of primary amides is 1. The van der Waals surface area contributed by atoms with Crippen molar-refractivity contribution < 1.29 is 27.1 Å². The summed E-state index contributed by atoms with van der Waals surface area (Å²) in [5.74, 6) is -1.03. The molecule has 1 amide bonds. The van der Waals surface area contributed by atoms with Crippen LogP contribution in [0.3, 0.4) is 0 Å². The highest BCUT2D eigenvalue weighted by atomic mass is 19.4. The van der Waals surface area contributed by atoms with Crippen LogP contribution in [0, 0.1) is 5.82 Å². The minimum atomic E-state index is -4.66. The van der Waals surface area contributed by atoms with Crippen molar-refractivity contribution in [2.24, 2.45) is 5.73 Å². The Balaban J connectivity index is 1.78. The third-order valence-electron chi connectivity index (χ3n) is 5.65. The number of rotatable bonds is 7. The van der Waals surface area contributed by atoms with E-state index in [4.69, 9.17) is 16.2 Å². The molecule has 4 rings (SSSR count). The van der Waals surface area contributed by atoms with E-state index in [0.717, 1.165) is 6.07 Å². The first kappa shape index (κ1) is 27.4. The highest BCUT2D eigenvalue weighted by Gasteiger charge is 2.33. The number of hydrogen-bond donors (Lipinski definition) is 3. The minimum absolute atomic E-state index is 0.0570. The maximum absolute atomic E-state index is 13.2. The van der Waals surface area contributed by atoms with E-state index in [0.29, 0.717) is 16.8 Å². The molecule has 39 heavy (non-hydrogen) atoms. The van der Waals surface area contributed by atoms with Gasteiger partial charge < -0.3 is 21.5 Å². The number of carbonyl (C=O) groups excluding carboxylic acids is 1. The van der Waals surface area contributed by atoms with E-state index in [2.05, 4.69) is 15.4 Å². The topological polar surface area (TPSA) is 121 Å². The second kappa shape index (κ2) is 10.3. The lowest BCUT2D eigenvalue weighted by molar-refractivity contribution is -0.141. The number of anilines is 3. The summed E-state index contributed by atoms with van der Waals surface area (Å²) >= 11 is 0. The molecule has 204 valence electrons. The normalized spacial score (nSPS) is 11.9. The lowest BCUT2D eigenvalue weighted by Gasteiger charge is -2.23. The molecule has 0 saturated heterocycles. The zero-order valence-electron chi connectivity index (χ0n) is 21.3. The first-order chi connectivity index (χ1) is 18.2. The summed E-state index contributed by atoms with van der Waals surface area (Å²) < 4.78 is 60.3. The van der Waals surface area contributed by atoms with Gasteiger partial charge in [-0.1, -0.05) is 24.3 Å². The summed E-state index contributed by atoms with van der Waals surface area (Å²) in [7, 11) is 0. The van der Waals surface area contributed by atoms with Crippen molar-refractivity contribution >= 4 is 23.2 Å². The maximum Gasteiger partial charge on any atom is 0.433 e. The first-order valence-corrected chi connectivity index (χ1v) is 11.8. The third kappa shape index (κ3) is 6.11. The lowest BCUT2D eigenvalue weighted by Crippen LogP contribution is -2.25. The summed E-state index contributed by atoms with van der Waals surface area (Å²) in [5, 5.41) is 7.42. The Morgan fingerprint density at radius 3 is 2.36 bits per heavy atom. The largest absolute Gasteiger partial charge is 0.487 e. The number of benzene rings is 2. The Kier molecular flexibility index (Phi) is 7.23. The first-order valence-electron chi connectivity index (χ1n) is 11.8. The Labute approximate surface area is 221 Å². The number of halogens is 4. The number of nitrogens with zero attached hydrogens (tertiary/aromatic N) is 3. The number of nitrogens with one attached hydrogen (secondary N) is 1. The van der Waals surface area contributed by atoms with Gasteiger partial charge in [-0.25, -0.2) is 14.1 Å². The number of carbonyl (C=O) groups is 1. The van der Waals surface area contributed by atoms with Crippen molar-refractivity contribution in [2.75, 3.05) is 11.1 Å². The van der Waals surface area contributed by atoms with E-state index >= 15 is 0 Å². The molecule has 2 aromatic heterocycles. The van der Waals surface area contributed by atoms with Gasteiger partial charge >= 0.3 is 6.18 Å². The fraction of sp³-hybridized carbons (Fsp3) is 0.222. The van der Waals surface area contributed by atoms with Gasteiger partial charge in [0.25, 0.3) is 5.91 Å². The summed E-state index contributed by atoms with van der Waals surface area (Å²) in [6, 6.07) is 13.9. The van der Waals surface area contributed by atoms with Gasteiger partial charge in [0.2, 0.25) is 0 Å². The second-order valence-corrected chi connectivity index (χ2v) is 9.72. The van der Waals surface area contributed by atoms with Gasteiger partial charge in [-0.05, 0) is 62.7 Å². The van der Waals surface area contributed by atoms with Crippen LogP contribution in [-0.2, 0) is 18.3 Å². The van der Waals surface area contributed by atoms with E-state index < -0.39 is 23.3 Å². The molecule has 0 aliphatic rings. The molecular weight excluding hydrogens is 516 g/mol. The van der Waals surface area contributed by atoms with Crippen LogP contribution in [0.4, 0.5) is 34.9 Å². The summed E-state index contributed by atoms with van der Waals surface area (Å²) in [5.41, 5.74) is 11.6. The molecule has 8 nitrogen and oxygen atoms in total. The molecule has 0 unspecified atom stereocenters. The SMILES string of the molecule is CC(C)(C)n1nc(-c2ccc(N)c(OCc3ccc(F)cc3)c2)c(C(N)=O)c1Nc1cccc(C(F)(F)F)n1. The van der Waals surface area contributed by atoms with Gasteiger partial charge in [0, 0.05) is 5.56 Å². The van der Waals surface area contributed by atoms with Gasteiger partial charge in [-0.2, -0.15) is 18.3 Å². The molecule has 0 fully saturated rings. The quantitative estimate of drug-likeness (QED) is 0.199. The number of aromatic nitrogens is 3. The Hall–Kier alpha value is -4.61. The fourth-order valence-corrected chi connectivity index (χ4v) is 3.79. The number of alkyl halides is 3. The monoisotopic (exact) mass is 542 g/mol. The van der Waals surface area contributed by atoms with E-state index in [1.54, 1.807) is 51.1 Å². The minimum Gasteiger partial charge on any atom is -0.487 e. The average molecular weight is 543 g/mol. The third-order valence-corrected chi connectivity index (χ3v) is 5.65. The molecule has 2 aromatic carbocycles. The zero-order valence-corrected chi connectivity index (χ0v) is 21.3. The summed E-state index contributed by atoms with van der Waals surface area (Å²) in [6.07, 6.45) is -4.66. The van der Waals surface area contributed by atoms with Crippen molar-refractivity contribution in [2.45, 2.75) is 39.1 Å². The highest BCUT2D eigenvalue weighted by Crippen LogP contribution is 2.37. The number of nitrogen functional groups attached to an aromatic ring is 1. The number of nitrogens with two attached hydrogens (primary N) is 2. The van der Waals surface area contributed by atoms with Crippen LogP contribution >= 0.6 is 0 Å². The highest BCUT2D eigenvalue weighted by molar-refractivity contribution is 6.04. The molecule has 12 heteroatoms. The molecule has 0 aliphatic heterocycles. The van der Waals surface area contributed by atoms with Crippen LogP contribution in [0.5, 0.6) is 5.75 Å². The predicted octanol–water partition coefficient (Wildman–Crippen LogP) is 5.86. The summed E-state index contributed by atoms with van der Waals surface area (Å²) in [6.45, 7) is 5.51. The molecule has 0 bridgehead atoms. The van der Waals surface area contributed by atoms with Gasteiger partial charge in [0.1, 0.15) is 46.8 Å². The second-order valence-electron chi connectivity index (χ2n) is 9.72. The molecule has 2 heterocycles. The smallest absolute Gasteiger partial charge is 0.433 e. The Morgan fingerprint density at radius 1 is 1.05 bits per heavy atom. The van der Waals surface area contributed by atoms with Gasteiger partial charge in [-0.3, -0.25) is 4.79 Å². The molecule has 4 aromatic rings. The standard InChI is InChI=1S/C27H26F4N6O2/c1-26(2,3)37-25(35-21-6-4-5-20(34-21)27(29,30)31)22(24(33)38)23(36-37)16-9-12-18(32)19(13-16)39-14-15-7-10-17(28)11-8-15/h4-13H,14,32H2,1-3H3,(H2,33,38)(H,34,35). The van der Waals surface area contributed by atoms with E-state index in [9.17, 15) is 22.4 Å². The van der Waals surface area contributed by atoms with E-state index in [1.165, 1.54) is 28.9 Å². The van der Waals surface area contributed by atoms with Crippen LogP contribution in [0.25, 0.3) is 11.3 Å². The van der Waals surface area contributed by atoms with Crippen LogP contribution in [0.1, 0.15) is 42.4 Å². The number of hydrogen-bond acceptors (Lipinski definition) is 6. The van der Waals surface area contributed by atoms with Crippen LogP contribution in [-0.4, -0.2) is 20.7 Å². The Morgan fingerprint density at radius 2 is 1.74 bits per heavy atom. The van der Waals surface area contributed by atoms with Gasteiger partial charge in [-0.15, -0.1) is 0 Å². The van der Waals surface area contributed by atoms with Crippen molar-refractivity contribution in [3.63, 3.8) is 0 Å². The zero-order chi connectivity index (χ0) is 28.5. The van der Waals surface area contributed by atoms with E-state index in [-0.39, 0.29) is 41.1 Å². The molecule has 0 spiro atoms. The Bertz CT molecular complexity index is 1510. The maximum atomic E-state index is 13.2. The average Bonchev–Trinajstić information content (AvgIpc) is 3.24. The molecule has 0 atom stereocenters. The molecule has 0 radical (unpaired) electrons. The number of pyridine rings is 1. The molecular formula is C27H26F4N6O2. The van der Waals surface area contributed by atoms with Crippen LogP contribution < -0.4 is 21.5 Å². The molecule has 5 N–H and O–H groups in total. The summed E-state index contributed by atoms with van der Waals surface area (Å²) in [4.78, 5) is 16.3. The number of ether oxygens (including phenoxy) is 1. The van der Waals surface area contributed by atoms with Crippen molar-refractivity contribution in [1.82, 2.24) is 14.8 Å². The van der Waals surface area contributed by atoms with E-state index in [1.807, 2.05) is 0 Å². The van der Waals surface area contributed by atoms with Crippen molar-refractivity contribution in [3.05, 3.63) is 83.3 Å². The molecule has 0 saturated carbocycles. The van der Waals surface area contributed by atoms with Crippen LogP contribution in [0.2, 0.25) is 0 Å². The fourth-order valence-electron chi connectivity index (χ4n) is 3.79. The van der Waals surface area contributed by atoms with Crippen LogP contribution in [0.15, 0.2) is 60.7 Å². The van der Waals surface area contributed by atoms with Gasteiger partial charge in [0.05, 0.1) is 11.2 Å².